The molecule has 2 saturated carbocycles. The molecule has 126 valence electrons. The first-order chi connectivity index (χ1) is 9.99. The van der Waals surface area contributed by atoms with Crippen molar-refractivity contribution in [1.82, 2.24) is 0 Å². The Bertz CT molecular complexity index is 462. The minimum atomic E-state index is -0.837. The van der Waals surface area contributed by atoms with E-state index in [1.54, 1.807) is 6.08 Å². The molecule has 0 radical (unpaired) electrons. The Labute approximate surface area is 136 Å². The molecule has 2 nitrogen and oxygen atoms in total. The lowest BCUT2D eigenvalue weighted by Crippen LogP contribution is -2.64. The van der Waals surface area contributed by atoms with Gasteiger partial charge in [-0.3, -0.25) is 0 Å². The van der Waals surface area contributed by atoms with Crippen LogP contribution in [-0.2, 0) is 0 Å². The van der Waals surface area contributed by atoms with Crippen molar-refractivity contribution in [3.63, 3.8) is 0 Å². The maximum atomic E-state index is 11.6. The van der Waals surface area contributed by atoms with Gasteiger partial charge in [0.2, 0.25) is 0 Å². The van der Waals surface area contributed by atoms with Gasteiger partial charge < -0.3 is 10.2 Å². The Morgan fingerprint density at radius 2 is 1.91 bits per heavy atom. The molecule has 0 spiro atoms. The summed E-state index contributed by atoms with van der Waals surface area (Å²) in [6.07, 6.45) is 8.18. The molecular formula is C20H34O2. The van der Waals surface area contributed by atoms with E-state index < -0.39 is 11.2 Å². The van der Waals surface area contributed by atoms with Crippen LogP contribution in [0.25, 0.3) is 0 Å². The Kier molecular flexibility index (Phi) is 4.43. The van der Waals surface area contributed by atoms with Crippen LogP contribution in [0.3, 0.4) is 0 Å². The largest absolute Gasteiger partial charge is 0.389 e. The molecule has 0 bridgehead atoms. The van der Waals surface area contributed by atoms with Gasteiger partial charge >= 0.3 is 0 Å². The fraction of sp³-hybridized carbons (Fsp3) is 0.800. The lowest BCUT2D eigenvalue weighted by atomic mass is 9.44. The maximum absolute atomic E-state index is 11.6. The summed E-state index contributed by atoms with van der Waals surface area (Å²) >= 11 is 0. The van der Waals surface area contributed by atoms with Crippen LogP contribution in [0.15, 0.2) is 24.8 Å². The van der Waals surface area contributed by atoms with Crippen molar-refractivity contribution in [2.24, 2.45) is 16.7 Å². The van der Waals surface area contributed by atoms with Gasteiger partial charge in [-0.1, -0.05) is 45.4 Å². The maximum Gasteiger partial charge on any atom is 0.0797 e. The highest BCUT2D eigenvalue weighted by Gasteiger charge is 2.62. The molecule has 4 atom stereocenters. The van der Waals surface area contributed by atoms with Crippen LogP contribution in [0, 0.1) is 16.7 Å². The molecule has 0 saturated heterocycles. The predicted molar refractivity (Wildman–Crippen MR) is 92.6 cm³/mol. The first kappa shape index (κ1) is 17.7. The quantitative estimate of drug-likeness (QED) is 0.744. The Morgan fingerprint density at radius 1 is 1.27 bits per heavy atom. The molecule has 2 heteroatoms. The molecule has 0 aromatic carbocycles. The fourth-order valence-electron chi connectivity index (χ4n) is 5.20. The molecule has 0 aromatic heterocycles. The number of allylic oxidation sites excluding steroid dienone is 1. The van der Waals surface area contributed by atoms with Crippen LogP contribution < -0.4 is 0 Å². The van der Waals surface area contributed by atoms with E-state index in [1.807, 2.05) is 6.92 Å². The van der Waals surface area contributed by atoms with E-state index in [-0.39, 0.29) is 16.7 Å². The third kappa shape index (κ3) is 2.59. The van der Waals surface area contributed by atoms with Crippen molar-refractivity contribution in [3.8, 4) is 0 Å². The van der Waals surface area contributed by atoms with Crippen molar-refractivity contribution in [2.75, 3.05) is 0 Å². The average Bonchev–Trinajstić information content (AvgIpc) is 2.41. The van der Waals surface area contributed by atoms with E-state index in [4.69, 9.17) is 0 Å². The summed E-state index contributed by atoms with van der Waals surface area (Å²) in [4.78, 5) is 0. The molecule has 0 amide bonds. The van der Waals surface area contributed by atoms with Gasteiger partial charge in [0.05, 0.1) is 11.2 Å². The zero-order chi connectivity index (χ0) is 16.8. The second-order valence-corrected chi connectivity index (χ2v) is 8.83. The van der Waals surface area contributed by atoms with Crippen LogP contribution in [0.5, 0.6) is 0 Å². The highest BCUT2D eigenvalue weighted by molar-refractivity contribution is 5.22. The number of hydrogen-bond acceptors (Lipinski definition) is 2. The lowest BCUT2D eigenvalue weighted by Gasteiger charge is -2.63. The zero-order valence-electron chi connectivity index (χ0n) is 14.9. The highest BCUT2D eigenvalue weighted by Crippen LogP contribution is 2.64. The third-order valence-electron chi connectivity index (χ3n) is 7.01. The summed E-state index contributed by atoms with van der Waals surface area (Å²) in [5.74, 6) is 0.275. The third-order valence-corrected chi connectivity index (χ3v) is 7.01. The number of hydrogen-bond donors (Lipinski definition) is 2. The topological polar surface area (TPSA) is 40.5 Å². The van der Waals surface area contributed by atoms with Gasteiger partial charge in [-0.15, -0.1) is 6.58 Å². The normalized spacial score (nSPS) is 40.6. The van der Waals surface area contributed by atoms with E-state index in [0.717, 1.165) is 38.5 Å². The summed E-state index contributed by atoms with van der Waals surface area (Å²) in [7, 11) is 0. The van der Waals surface area contributed by atoms with E-state index in [9.17, 15) is 10.2 Å². The minimum Gasteiger partial charge on any atom is -0.389 e. The van der Waals surface area contributed by atoms with E-state index in [0.29, 0.717) is 6.42 Å². The van der Waals surface area contributed by atoms with E-state index in [1.165, 1.54) is 5.57 Å². The van der Waals surface area contributed by atoms with Gasteiger partial charge in [0.25, 0.3) is 0 Å². The molecule has 2 N–H and O–H groups in total. The Morgan fingerprint density at radius 3 is 2.50 bits per heavy atom. The summed E-state index contributed by atoms with van der Waals surface area (Å²) < 4.78 is 0. The first-order valence-corrected chi connectivity index (χ1v) is 8.75. The lowest BCUT2D eigenvalue weighted by molar-refractivity contribution is -0.215. The molecular weight excluding hydrogens is 272 g/mol. The van der Waals surface area contributed by atoms with Gasteiger partial charge in [-0.05, 0) is 56.8 Å². The Balaban J connectivity index is 2.32. The van der Waals surface area contributed by atoms with Gasteiger partial charge in [0, 0.05) is 5.41 Å². The average molecular weight is 306 g/mol. The number of fused-ring (bicyclic) bond motifs is 1. The first-order valence-electron chi connectivity index (χ1n) is 8.75. The fourth-order valence-corrected chi connectivity index (χ4v) is 5.20. The van der Waals surface area contributed by atoms with Crippen LogP contribution in [0.4, 0.5) is 0 Å². The predicted octanol–water partition coefficient (Wildman–Crippen LogP) is 4.62. The molecule has 2 fully saturated rings. The van der Waals surface area contributed by atoms with Gasteiger partial charge in [-0.2, -0.15) is 0 Å². The second-order valence-electron chi connectivity index (χ2n) is 8.83. The summed E-state index contributed by atoms with van der Waals surface area (Å²) in [6, 6.07) is 0. The number of aliphatic hydroxyl groups is 2. The van der Waals surface area contributed by atoms with Gasteiger partial charge in [0.1, 0.15) is 0 Å². The number of rotatable bonds is 4. The van der Waals surface area contributed by atoms with Crippen LogP contribution in [-0.4, -0.2) is 21.4 Å². The molecule has 0 aromatic rings. The monoisotopic (exact) mass is 306 g/mol. The standard InChI is InChI=1S/C20H34O2/c1-7-18(5,21)13-10-16-15(2)9-14-20(22)17(3,4)11-8-12-19(16,20)6/h7,16,21-22H,1-2,8-14H2,3-6H3. The van der Waals surface area contributed by atoms with Crippen LogP contribution in [0.1, 0.15) is 72.6 Å². The molecule has 2 rings (SSSR count). The molecule has 0 heterocycles. The summed E-state index contributed by atoms with van der Waals surface area (Å²) in [5, 5.41) is 21.9. The van der Waals surface area contributed by atoms with Gasteiger partial charge in [0.15, 0.2) is 0 Å². The summed E-state index contributed by atoms with van der Waals surface area (Å²) in [6.45, 7) is 16.5. The van der Waals surface area contributed by atoms with Gasteiger partial charge in [-0.25, -0.2) is 0 Å². The van der Waals surface area contributed by atoms with Crippen LogP contribution in [0.2, 0.25) is 0 Å². The van der Waals surface area contributed by atoms with Crippen molar-refractivity contribution < 1.29 is 10.2 Å². The molecule has 0 aliphatic heterocycles. The molecule has 22 heavy (non-hydrogen) atoms. The van der Waals surface area contributed by atoms with E-state index >= 15 is 0 Å². The molecule has 4 unspecified atom stereocenters. The van der Waals surface area contributed by atoms with Crippen molar-refractivity contribution in [1.29, 1.82) is 0 Å². The SMILES string of the molecule is C=CC(C)(O)CCC1C(=C)CCC2(O)C(C)(C)CCCC12C. The second kappa shape index (κ2) is 5.49. The molecule has 2 aliphatic carbocycles. The highest BCUT2D eigenvalue weighted by atomic mass is 16.3. The van der Waals surface area contributed by atoms with E-state index in [2.05, 4.69) is 33.9 Å². The smallest absolute Gasteiger partial charge is 0.0797 e. The Hall–Kier alpha value is -0.600. The summed E-state index contributed by atoms with van der Waals surface area (Å²) in [5.41, 5.74) is -0.411. The van der Waals surface area contributed by atoms with Crippen molar-refractivity contribution >= 4 is 0 Å². The molecule has 2 aliphatic rings. The van der Waals surface area contributed by atoms with Crippen molar-refractivity contribution in [2.45, 2.75) is 83.8 Å². The van der Waals surface area contributed by atoms with Crippen molar-refractivity contribution in [3.05, 3.63) is 24.8 Å². The zero-order valence-corrected chi connectivity index (χ0v) is 14.9. The van der Waals surface area contributed by atoms with Crippen LogP contribution >= 0.6 is 0 Å². The minimum absolute atomic E-state index is 0.0557.